The average Bonchev–Trinajstić information content (AvgIpc) is 2.70. The van der Waals surface area contributed by atoms with Crippen molar-refractivity contribution in [1.82, 2.24) is 4.90 Å². The van der Waals surface area contributed by atoms with Crippen LogP contribution in [0.25, 0.3) is 0 Å². The molecule has 0 saturated heterocycles. The largest absolute Gasteiger partial charge is 0.469 e. The molecule has 0 amide bonds. The highest BCUT2D eigenvalue weighted by Crippen LogP contribution is 2.64. The zero-order valence-electron chi connectivity index (χ0n) is 20.4. The molecule has 7 heteroatoms. The van der Waals surface area contributed by atoms with E-state index in [1.54, 1.807) is 6.08 Å². The molecule has 3 aliphatic carbocycles. The van der Waals surface area contributed by atoms with Gasteiger partial charge in [0.25, 0.3) is 0 Å². The molecule has 6 atom stereocenters. The molecule has 0 aromatic carbocycles. The number of ketones is 1. The first-order valence-electron chi connectivity index (χ1n) is 11.7. The smallest absolute Gasteiger partial charge is 0.330 e. The molecule has 3 saturated carbocycles. The molecular weight excluding hydrogens is 430 g/mol. The van der Waals surface area contributed by atoms with Crippen molar-refractivity contribution in [3.8, 4) is 0 Å². The molecule has 3 aliphatic rings. The first-order valence-corrected chi connectivity index (χ1v) is 11.7. The van der Waals surface area contributed by atoms with Gasteiger partial charge in [0.2, 0.25) is 0 Å². The number of methoxy groups -OCH3 is 1. The minimum absolute atomic E-state index is 0. The molecule has 6 nitrogen and oxygen atoms in total. The van der Waals surface area contributed by atoms with Crippen molar-refractivity contribution in [2.75, 3.05) is 34.4 Å². The maximum absolute atomic E-state index is 13.4. The molecule has 6 unspecified atom stereocenters. The summed E-state index contributed by atoms with van der Waals surface area (Å²) in [4.78, 5) is 40.4. The molecule has 0 aromatic rings. The number of rotatable bonds is 5. The summed E-state index contributed by atoms with van der Waals surface area (Å²) in [5, 5.41) is 0. The fourth-order valence-corrected chi connectivity index (χ4v) is 6.91. The highest BCUT2D eigenvalue weighted by molar-refractivity contribution is 5.87. The van der Waals surface area contributed by atoms with Crippen LogP contribution in [0.4, 0.5) is 0 Å². The number of carbonyl (C=O) groups is 3. The third kappa shape index (κ3) is 4.77. The van der Waals surface area contributed by atoms with Crippen LogP contribution in [-0.2, 0) is 23.9 Å². The van der Waals surface area contributed by atoms with Crippen LogP contribution in [0.15, 0.2) is 11.6 Å². The van der Waals surface area contributed by atoms with E-state index >= 15 is 0 Å². The van der Waals surface area contributed by atoms with Gasteiger partial charge in [-0.05, 0) is 69.9 Å². The maximum atomic E-state index is 13.4. The first-order chi connectivity index (χ1) is 14.5. The Morgan fingerprint density at radius 1 is 1.22 bits per heavy atom. The van der Waals surface area contributed by atoms with Crippen LogP contribution in [0.1, 0.15) is 59.3 Å². The van der Waals surface area contributed by atoms with Gasteiger partial charge in [0.1, 0.15) is 12.4 Å². The van der Waals surface area contributed by atoms with E-state index in [1.807, 2.05) is 25.9 Å². The van der Waals surface area contributed by atoms with Gasteiger partial charge in [-0.15, -0.1) is 12.4 Å². The molecule has 0 radical (unpaired) electrons. The van der Waals surface area contributed by atoms with Crippen molar-refractivity contribution in [2.45, 2.75) is 59.3 Å². The summed E-state index contributed by atoms with van der Waals surface area (Å²) >= 11 is 0. The second kappa shape index (κ2) is 10.3. The molecule has 0 aromatic heterocycles. The molecular formula is C25H40ClNO5. The predicted octanol–water partition coefficient (Wildman–Crippen LogP) is 4.06. The number of ether oxygens (including phenoxy) is 2. The lowest BCUT2D eigenvalue weighted by Crippen LogP contribution is -2.59. The van der Waals surface area contributed by atoms with Crippen LogP contribution in [0.5, 0.6) is 0 Å². The first kappa shape index (κ1) is 26.8. The van der Waals surface area contributed by atoms with E-state index in [-0.39, 0.29) is 59.2 Å². The Morgan fingerprint density at radius 2 is 1.91 bits per heavy atom. The van der Waals surface area contributed by atoms with Crippen molar-refractivity contribution in [2.24, 2.45) is 34.5 Å². The number of likely N-dealkylation sites (N-methyl/N-ethyl adjacent to an activating group) is 1. The third-order valence-electron chi connectivity index (χ3n) is 8.64. The Bertz CT molecular complexity index is 765. The molecule has 3 fully saturated rings. The number of hydrogen-bond acceptors (Lipinski definition) is 6. The monoisotopic (exact) mass is 469 g/mol. The van der Waals surface area contributed by atoms with Crippen molar-refractivity contribution >= 4 is 30.1 Å². The molecule has 0 bridgehead atoms. The Labute approximate surface area is 198 Å². The van der Waals surface area contributed by atoms with E-state index in [9.17, 15) is 14.4 Å². The molecule has 3 rings (SSSR count). The molecule has 0 heterocycles. The Kier molecular flexibility index (Phi) is 8.60. The van der Waals surface area contributed by atoms with Crippen LogP contribution in [0.2, 0.25) is 0 Å². The van der Waals surface area contributed by atoms with E-state index in [0.717, 1.165) is 37.7 Å². The van der Waals surface area contributed by atoms with Crippen LogP contribution < -0.4 is 0 Å². The van der Waals surface area contributed by atoms with E-state index in [0.29, 0.717) is 19.6 Å². The topological polar surface area (TPSA) is 72.9 Å². The molecule has 0 spiro atoms. The number of halogens is 1. The number of nitrogens with zero attached hydrogens (tertiary/aromatic N) is 1. The highest BCUT2D eigenvalue weighted by Gasteiger charge is 2.62. The van der Waals surface area contributed by atoms with E-state index in [1.165, 1.54) is 7.11 Å². The highest BCUT2D eigenvalue weighted by atomic mass is 35.5. The van der Waals surface area contributed by atoms with Gasteiger partial charge in [0, 0.05) is 25.0 Å². The zero-order valence-corrected chi connectivity index (χ0v) is 21.3. The summed E-state index contributed by atoms with van der Waals surface area (Å²) in [5.74, 6) is -0.0650. The van der Waals surface area contributed by atoms with Crippen LogP contribution in [0, 0.1) is 34.5 Å². The average molecular weight is 470 g/mol. The normalized spacial score (nSPS) is 37.8. The second-order valence-corrected chi connectivity index (χ2v) is 10.6. The minimum Gasteiger partial charge on any atom is -0.469 e. The second-order valence-electron chi connectivity index (χ2n) is 10.6. The summed E-state index contributed by atoms with van der Waals surface area (Å²) < 4.78 is 10.5. The number of fused-ring (bicyclic) bond motifs is 3. The zero-order chi connectivity index (χ0) is 23.0. The van der Waals surface area contributed by atoms with Crippen molar-refractivity contribution in [3.63, 3.8) is 0 Å². The summed E-state index contributed by atoms with van der Waals surface area (Å²) in [6.07, 6.45) is 6.52. The number of Topliss-reactive ketones (excluding diaryl/α,β-unsaturated/α-hetero) is 1. The van der Waals surface area contributed by atoms with Gasteiger partial charge in [0.05, 0.1) is 12.5 Å². The lowest BCUT2D eigenvalue weighted by atomic mass is 9.43. The van der Waals surface area contributed by atoms with Crippen LogP contribution in [0.3, 0.4) is 0 Å². The lowest BCUT2D eigenvalue weighted by Gasteiger charge is -2.60. The summed E-state index contributed by atoms with van der Waals surface area (Å²) in [7, 11) is 5.33. The Morgan fingerprint density at radius 3 is 2.53 bits per heavy atom. The molecule has 32 heavy (non-hydrogen) atoms. The Hall–Kier alpha value is -1.40. The molecule has 0 aliphatic heterocycles. The Balaban J connectivity index is 0.00000363. The van der Waals surface area contributed by atoms with Gasteiger partial charge < -0.3 is 14.4 Å². The van der Waals surface area contributed by atoms with Crippen molar-refractivity contribution in [1.29, 1.82) is 0 Å². The van der Waals surface area contributed by atoms with Gasteiger partial charge in [-0.25, -0.2) is 4.79 Å². The minimum atomic E-state index is -0.599. The quantitative estimate of drug-likeness (QED) is 0.446. The van der Waals surface area contributed by atoms with Gasteiger partial charge in [-0.2, -0.15) is 0 Å². The van der Waals surface area contributed by atoms with Gasteiger partial charge >= 0.3 is 11.9 Å². The summed E-state index contributed by atoms with van der Waals surface area (Å²) in [5.41, 5.74) is 0.363. The van der Waals surface area contributed by atoms with Gasteiger partial charge in [0.15, 0.2) is 0 Å². The van der Waals surface area contributed by atoms with E-state index in [2.05, 4.69) is 13.8 Å². The maximum Gasteiger partial charge on any atom is 0.330 e. The van der Waals surface area contributed by atoms with E-state index in [4.69, 9.17) is 9.47 Å². The predicted molar refractivity (Wildman–Crippen MR) is 125 cm³/mol. The number of carbonyl (C=O) groups excluding carboxylic acids is 3. The SMILES string of the molecule is COC(=O)C1(C)CCCC2(C)C3CC/C(=C\C(=O)OCCN(C)C)C(C)C3C(=O)CC12.Cl. The van der Waals surface area contributed by atoms with Gasteiger partial charge in [-0.3, -0.25) is 9.59 Å². The molecule has 0 N–H and O–H groups in total. The van der Waals surface area contributed by atoms with Crippen LogP contribution in [-0.4, -0.2) is 57.0 Å². The summed E-state index contributed by atoms with van der Waals surface area (Å²) in [6, 6.07) is 0. The van der Waals surface area contributed by atoms with Crippen molar-refractivity contribution in [3.05, 3.63) is 11.6 Å². The fraction of sp³-hybridized carbons (Fsp3) is 0.800. The third-order valence-corrected chi connectivity index (χ3v) is 8.64. The number of esters is 2. The summed E-state index contributed by atoms with van der Waals surface area (Å²) in [6.45, 7) is 7.42. The number of hydrogen-bond donors (Lipinski definition) is 0. The number of allylic oxidation sites excluding steroid dienone is 1. The standard InChI is InChI=1S/C25H39NO5.ClH/c1-16-17(14-21(28)31-13-12-26(4)5)8-9-18-22(16)19(27)15-20-24(18,2)10-7-11-25(20,3)23(29)30-6;/h14,16,18,20,22H,7-13,15H2,1-6H3;1H/b17-14+;. The van der Waals surface area contributed by atoms with E-state index < -0.39 is 5.41 Å². The van der Waals surface area contributed by atoms with Gasteiger partial charge in [-0.1, -0.05) is 25.8 Å². The fourth-order valence-electron chi connectivity index (χ4n) is 6.91. The lowest BCUT2D eigenvalue weighted by molar-refractivity contribution is -0.178. The molecule has 182 valence electrons. The van der Waals surface area contributed by atoms with Crippen molar-refractivity contribution < 1.29 is 23.9 Å². The van der Waals surface area contributed by atoms with Crippen LogP contribution >= 0.6 is 12.4 Å².